The van der Waals surface area contributed by atoms with E-state index in [0.717, 1.165) is 19.0 Å². The van der Waals surface area contributed by atoms with Crippen molar-refractivity contribution in [1.82, 2.24) is 15.1 Å². The van der Waals surface area contributed by atoms with Gasteiger partial charge in [0.05, 0.1) is 6.04 Å². The molecule has 1 aliphatic carbocycles. The summed E-state index contributed by atoms with van der Waals surface area (Å²) in [5, 5.41) is 3.52. The maximum Gasteiger partial charge on any atom is 0.240 e. The van der Waals surface area contributed by atoms with Crippen molar-refractivity contribution in [3.05, 3.63) is 0 Å². The highest BCUT2D eigenvalue weighted by Crippen LogP contribution is 2.31. The Labute approximate surface area is 115 Å². The van der Waals surface area contributed by atoms with Crippen LogP contribution < -0.4 is 5.32 Å². The van der Waals surface area contributed by atoms with Gasteiger partial charge in [0.25, 0.3) is 0 Å². The van der Waals surface area contributed by atoms with E-state index in [2.05, 4.69) is 15.1 Å². The molecule has 1 saturated carbocycles. The van der Waals surface area contributed by atoms with Crippen LogP contribution >= 0.6 is 0 Å². The Morgan fingerprint density at radius 2 is 1.84 bits per heavy atom. The zero-order valence-corrected chi connectivity index (χ0v) is 11.7. The fourth-order valence-electron chi connectivity index (χ4n) is 4.24. The van der Waals surface area contributed by atoms with Gasteiger partial charge in [-0.1, -0.05) is 0 Å². The zero-order chi connectivity index (χ0) is 12.8. The van der Waals surface area contributed by atoms with Gasteiger partial charge in [-0.05, 0) is 51.5 Å². The van der Waals surface area contributed by atoms with Gasteiger partial charge in [0, 0.05) is 31.2 Å². The highest BCUT2D eigenvalue weighted by molar-refractivity contribution is 5.84. The van der Waals surface area contributed by atoms with Crippen LogP contribution in [0.15, 0.2) is 0 Å². The van der Waals surface area contributed by atoms with Gasteiger partial charge in [-0.25, -0.2) is 0 Å². The lowest BCUT2D eigenvalue weighted by atomic mass is 9.96. The molecule has 0 aromatic carbocycles. The van der Waals surface area contributed by atoms with Crippen LogP contribution in [0.25, 0.3) is 0 Å². The predicted molar refractivity (Wildman–Crippen MR) is 73.9 cm³/mol. The van der Waals surface area contributed by atoms with Gasteiger partial charge in [-0.15, -0.1) is 0 Å². The molecule has 0 aromatic rings. The van der Waals surface area contributed by atoms with Gasteiger partial charge in [-0.3, -0.25) is 4.79 Å². The van der Waals surface area contributed by atoms with Crippen LogP contribution in [-0.4, -0.2) is 59.5 Å². The number of amides is 1. The summed E-state index contributed by atoms with van der Waals surface area (Å²) < 4.78 is 0. The van der Waals surface area contributed by atoms with Gasteiger partial charge in [-0.2, -0.15) is 0 Å². The first-order chi connectivity index (χ1) is 9.31. The molecular weight excluding hydrogens is 238 g/mol. The number of likely N-dealkylation sites (tertiary alicyclic amines) is 1. The molecule has 0 radical (unpaired) electrons. The molecule has 3 unspecified atom stereocenters. The normalized spacial score (nSPS) is 39.9. The lowest BCUT2D eigenvalue weighted by molar-refractivity contribution is -0.132. The topological polar surface area (TPSA) is 35.6 Å². The number of piperidine rings is 1. The Bertz CT molecular complexity index is 368. The van der Waals surface area contributed by atoms with Crippen LogP contribution in [-0.2, 0) is 4.79 Å². The Balaban J connectivity index is 1.38. The number of hydrogen-bond acceptors (Lipinski definition) is 3. The quantitative estimate of drug-likeness (QED) is 0.824. The molecule has 4 heteroatoms. The van der Waals surface area contributed by atoms with E-state index in [9.17, 15) is 4.79 Å². The number of hydrogen-bond donors (Lipinski definition) is 1. The summed E-state index contributed by atoms with van der Waals surface area (Å²) in [5.74, 6) is 0.392. The third kappa shape index (κ3) is 2.29. The molecule has 4 nitrogen and oxygen atoms in total. The summed E-state index contributed by atoms with van der Waals surface area (Å²) in [4.78, 5) is 17.3. The number of nitrogens with one attached hydrogen (secondary N) is 1. The van der Waals surface area contributed by atoms with Gasteiger partial charge < -0.3 is 15.1 Å². The Morgan fingerprint density at radius 3 is 2.68 bits per heavy atom. The van der Waals surface area contributed by atoms with Crippen LogP contribution in [0.4, 0.5) is 0 Å². The smallest absolute Gasteiger partial charge is 0.240 e. The minimum Gasteiger partial charge on any atom is -0.338 e. The van der Waals surface area contributed by atoms with E-state index in [4.69, 9.17) is 0 Å². The molecule has 0 bridgehead atoms. The van der Waals surface area contributed by atoms with Crippen molar-refractivity contribution in [2.75, 3.05) is 19.6 Å². The zero-order valence-electron chi connectivity index (χ0n) is 11.7. The molecule has 1 amide bonds. The van der Waals surface area contributed by atoms with Crippen molar-refractivity contribution < 1.29 is 4.79 Å². The molecule has 0 aromatic heterocycles. The molecule has 4 fully saturated rings. The Hall–Kier alpha value is -0.610. The van der Waals surface area contributed by atoms with Crippen molar-refractivity contribution in [3.8, 4) is 0 Å². The number of carbonyl (C=O) groups is 1. The fourth-order valence-corrected chi connectivity index (χ4v) is 4.24. The second-order valence-corrected chi connectivity index (χ2v) is 6.82. The van der Waals surface area contributed by atoms with Crippen molar-refractivity contribution >= 4 is 5.91 Å². The van der Waals surface area contributed by atoms with Crippen LogP contribution in [0.5, 0.6) is 0 Å². The summed E-state index contributed by atoms with van der Waals surface area (Å²) >= 11 is 0. The first kappa shape index (κ1) is 12.2. The summed E-state index contributed by atoms with van der Waals surface area (Å²) in [5.41, 5.74) is 0. The summed E-state index contributed by atoms with van der Waals surface area (Å²) in [6.07, 6.45) is 8.69. The van der Waals surface area contributed by atoms with Crippen molar-refractivity contribution in [1.29, 1.82) is 0 Å². The van der Waals surface area contributed by atoms with Crippen LogP contribution in [0, 0.1) is 0 Å². The first-order valence-corrected chi connectivity index (χ1v) is 8.12. The molecule has 1 N–H and O–H groups in total. The monoisotopic (exact) mass is 263 g/mol. The van der Waals surface area contributed by atoms with Gasteiger partial charge in [0.1, 0.15) is 0 Å². The van der Waals surface area contributed by atoms with Crippen molar-refractivity contribution in [2.24, 2.45) is 0 Å². The molecule has 19 heavy (non-hydrogen) atoms. The number of rotatable bonds is 3. The molecule has 106 valence electrons. The largest absolute Gasteiger partial charge is 0.338 e. The maximum absolute atomic E-state index is 12.5. The third-order valence-corrected chi connectivity index (χ3v) is 5.49. The highest BCUT2D eigenvalue weighted by atomic mass is 16.2. The van der Waals surface area contributed by atoms with Crippen molar-refractivity contribution in [2.45, 2.75) is 69.1 Å². The number of carbonyl (C=O) groups excluding carboxylic acids is 1. The van der Waals surface area contributed by atoms with E-state index in [-0.39, 0.29) is 6.04 Å². The molecule has 3 heterocycles. The molecular formula is C15H25N3O. The standard InChI is InChI=1S/C15H25N3O/c19-15-14(16-11-3-4-11)6-9-18(15)13-5-8-17-7-1-2-12(17)10-13/h11-14,16H,1-10H2. The minimum atomic E-state index is 0.133. The molecule has 4 aliphatic rings. The van der Waals surface area contributed by atoms with Crippen LogP contribution in [0.1, 0.15) is 44.9 Å². The third-order valence-electron chi connectivity index (χ3n) is 5.49. The summed E-state index contributed by atoms with van der Waals surface area (Å²) in [7, 11) is 0. The Morgan fingerprint density at radius 1 is 0.947 bits per heavy atom. The number of fused-ring (bicyclic) bond motifs is 1. The van der Waals surface area contributed by atoms with E-state index in [1.54, 1.807) is 0 Å². The van der Waals surface area contributed by atoms with Crippen LogP contribution in [0.2, 0.25) is 0 Å². The summed E-state index contributed by atoms with van der Waals surface area (Å²) in [6, 6.07) is 2.07. The lowest BCUT2D eigenvalue weighted by Gasteiger charge is -2.39. The average molecular weight is 263 g/mol. The minimum absolute atomic E-state index is 0.133. The predicted octanol–water partition coefficient (Wildman–Crippen LogP) is 0.966. The number of nitrogens with zero attached hydrogens (tertiary/aromatic N) is 2. The van der Waals surface area contributed by atoms with E-state index >= 15 is 0 Å². The Kier molecular flexibility index (Phi) is 3.03. The van der Waals surface area contributed by atoms with Gasteiger partial charge in [0.15, 0.2) is 0 Å². The summed E-state index contributed by atoms with van der Waals surface area (Å²) in [6.45, 7) is 3.48. The molecule has 3 saturated heterocycles. The SMILES string of the molecule is O=C1C(NC2CC2)CCN1C1CCN2CCCC2C1. The van der Waals surface area contributed by atoms with E-state index in [0.29, 0.717) is 18.0 Å². The molecule has 4 rings (SSSR count). The molecule has 3 atom stereocenters. The van der Waals surface area contributed by atoms with E-state index < -0.39 is 0 Å². The maximum atomic E-state index is 12.5. The first-order valence-electron chi connectivity index (χ1n) is 8.12. The average Bonchev–Trinajstić information content (AvgIpc) is 2.98. The second-order valence-electron chi connectivity index (χ2n) is 6.82. The fraction of sp³-hybridized carbons (Fsp3) is 0.933. The molecule has 3 aliphatic heterocycles. The molecule has 0 spiro atoms. The van der Waals surface area contributed by atoms with E-state index in [1.807, 2.05) is 0 Å². The van der Waals surface area contributed by atoms with Crippen LogP contribution in [0.3, 0.4) is 0 Å². The van der Waals surface area contributed by atoms with E-state index in [1.165, 1.54) is 51.6 Å². The van der Waals surface area contributed by atoms with Crippen molar-refractivity contribution in [3.63, 3.8) is 0 Å². The van der Waals surface area contributed by atoms with Gasteiger partial charge in [0.2, 0.25) is 5.91 Å². The van der Waals surface area contributed by atoms with Gasteiger partial charge >= 0.3 is 0 Å². The highest BCUT2D eigenvalue weighted by Gasteiger charge is 2.41. The lowest BCUT2D eigenvalue weighted by Crippen LogP contribution is -2.50. The second kappa shape index (κ2) is 4.74.